The fraction of sp³-hybridized carbons (Fsp3) is 0.727. The van der Waals surface area contributed by atoms with E-state index in [0.717, 1.165) is 0 Å². The number of aromatic nitrogens is 2. The highest BCUT2D eigenvalue weighted by Crippen LogP contribution is 2.29. The van der Waals surface area contributed by atoms with Crippen LogP contribution in [0.3, 0.4) is 0 Å². The number of rotatable bonds is 3. The van der Waals surface area contributed by atoms with Crippen LogP contribution in [0.5, 0.6) is 0 Å². The Morgan fingerprint density at radius 1 is 1.58 bits per heavy atom. The summed E-state index contributed by atoms with van der Waals surface area (Å²) in [6.07, 6.45) is 0.451. The van der Waals surface area contributed by atoms with Gasteiger partial charge >= 0.3 is 0 Å². The zero-order chi connectivity index (χ0) is 14.4. The smallest absolute Gasteiger partial charge is 0.246 e. The fourth-order valence-electron chi connectivity index (χ4n) is 2.27. The highest BCUT2D eigenvalue weighted by molar-refractivity contribution is 7.89. The molecule has 0 radical (unpaired) electrons. The molecule has 0 bridgehead atoms. The Balaban J connectivity index is 2.38. The average Bonchev–Trinajstić information content (AvgIpc) is 2.69. The predicted molar refractivity (Wildman–Crippen MR) is 71.1 cm³/mol. The van der Waals surface area contributed by atoms with Crippen LogP contribution >= 0.6 is 0 Å². The number of hydrogen-bond donors (Lipinski definition) is 2. The van der Waals surface area contributed by atoms with Crippen molar-refractivity contribution in [2.24, 2.45) is 7.05 Å². The standard InChI is InChI=1S/C11H20N4O3S/c1-7-9(10(12)13-15(7)4)19(16,17)14-11(3)5-6-18-8(11)2/h8,14H,5-6H2,1-4H3,(H2,12,13). The van der Waals surface area contributed by atoms with Crippen LogP contribution in [0, 0.1) is 6.92 Å². The molecule has 0 aliphatic carbocycles. The zero-order valence-corrected chi connectivity index (χ0v) is 12.4. The molecular weight excluding hydrogens is 268 g/mol. The van der Waals surface area contributed by atoms with Gasteiger partial charge in [0.1, 0.15) is 4.90 Å². The summed E-state index contributed by atoms with van der Waals surface area (Å²) >= 11 is 0. The van der Waals surface area contributed by atoms with Gasteiger partial charge in [-0.05, 0) is 27.2 Å². The maximum Gasteiger partial charge on any atom is 0.246 e. The summed E-state index contributed by atoms with van der Waals surface area (Å²) in [5.74, 6) is 0.0164. The van der Waals surface area contributed by atoms with Crippen molar-refractivity contribution in [2.75, 3.05) is 12.3 Å². The summed E-state index contributed by atoms with van der Waals surface area (Å²) in [7, 11) is -2.05. The molecule has 0 amide bonds. The van der Waals surface area contributed by atoms with Crippen LogP contribution in [-0.4, -0.2) is 36.4 Å². The maximum atomic E-state index is 12.5. The first kappa shape index (κ1) is 14.3. The van der Waals surface area contributed by atoms with Gasteiger partial charge in [-0.3, -0.25) is 4.68 Å². The molecule has 1 fully saturated rings. The van der Waals surface area contributed by atoms with Crippen LogP contribution in [0.15, 0.2) is 4.90 Å². The number of nitrogen functional groups attached to an aromatic ring is 1. The molecule has 108 valence electrons. The molecule has 1 aromatic heterocycles. The molecule has 1 saturated heterocycles. The van der Waals surface area contributed by atoms with E-state index in [2.05, 4.69) is 9.82 Å². The molecule has 8 heteroatoms. The number of nitrogens with two attached hydrogens (primary N) is 1. The molecule has 2 unspecified atom stereocenters. The van der Waals surface area contributed by atoms with E-state index in [0.29, 0.717) is 18.7 Å². The number of nitrogens with zero attached hydrogens (tertiary/aromatic N) is 2. The van der Waals surface area contributed by atoms with E-state index < -0.39 is 15.6 Å². The number of nitrogens with one attached hydrogen (secondary N) is 1. The summed E-state index contributed by atoms with van der Waals surface area (Å²) in [4.78, 5) is 0.0512. The van der Waals surface area contributed by atoms with Crippen molar-refractivity contribution < 1.29 is 13.2 Å². The Labute approximate surface area is 113 Å². The third-order valence-electron chi connectivity index (χ3n) is 3.83. The van der Waals surface area contributed by atoms with Gasteiger partial charge in [0, 0.05) is 13.7 Å². The number of hydrogen-bond acceptors (Lipinski definition) is 5. The van der Waals surface area contributed by atoms with E-state index in [1.165, 1.54) is 4.68 Å². The van der Waals surface area contributed by atoms with E-state index in [1.807, 2.05) is 13.8 Å². The number of ether oxygens (including phenoxy) is 1. The normalized spacial score (nSPS) is 27.9. The third kappa shape index (κ3) is 2.35. The first-order valence-electron chi connectivity index (χ1n) is 6.12. The van der Waals surface area contributed by atoms with Gasteiger partial charge in [-0.1, -0.05) is 0 Å². The fourth-order valence-corrected chi connectivity index (χ4v) is 4.09. The second-order valence-electron chi connectivity index (χ2n) is 5.21. The lowest BCUT2D eigenvalue weighted by molar-refractivity contribution is 0.0957. The lowest BCUT2D eigenvalue weighted by Crippen LogP contribution is -2.50. The third-order valence-corrected chi connectivity index (χ3v) is 5.60. The van der Waals surface area contributed by atoms with Crippen LogP contribution in [0.1, 0.15) is 26.0 Å². The van der Waals surface area contributed by atoms with E-state index in [9.17, 15) is 8.42 Å². The quantitative estimate of drug-likeness (QED) is 0.825. The van der Waals surface area contributed by atoms with Crippen molar-refractivity contribution >= 4 is 15.8 Å². The Bertz CT molecular complexity index is 595. The number of anilines is 1. The molecule has 1 aliphatic rings. The Hall–Kier alpha value is -1.12. The topological polar surface area (TPSA) is 99.2 Å². The largest absolute Gasteiger partial charge is 0.381 e. The number of sulfonamides is 1. The minimum Gasteiger partial charge on any atom is -0.381 e. The highest BCUT2D eigenvalue weighted by Gasteiger charge is 2.41. The van der Waals surface area contributed by atoms with Gasteiger partial charge in [0.25, 0.3) is 0 Å². The zero-order valence-electron chi connectivity index (χ0n) is 11.6. The molecule has 0 saturated carbocycles. The molecule has 2 heterocycles. The summed E-state index contributed by atoms with van der Waals surface area (Å²) < 4.78 is 34.6. The molecule has 2 rings (SSSR count). The van der Waals surface area contributed by atoms with Crippen LogP contribution < -0.4 is 10.5 Å². The molecule has 7 nitrogen and oxygen atoms in total. The Morgan fingerprint density at radius 2 is 2.21 bits per heavy atom. The van der Waals surface area contributed by atoms with Gasteiger partial charge in [-0.2, -0.15) is 5.10 Å². The Morgan fingerprint density at radius 3 is 2.63 bits per heavy atom. The second kappa shape index (κ2) is 4.46. The second-order valence-corrected chi connectivity index (χ2v) is 6.83. The summed E-state index contributed by atoms with van der Waals surface area (Å²) in [5, 5.41) is 3.94. The summed E-state index contributed by atoms with van der Waals surface area (Å²) in [6, 6.07) is 0. The lowest BCUT2D eigenvalue weighted by atomic mass is 9.97. The Kier molecular flexibility index (Phi) is 3.36. The maximum absolute atomic E-state index is 12.5. The number of aryl methyl sites for hydroxylation is 1. The van der Waals surface area contributed by atoms with Gasteiger partial charge in [0.2, 0.25) is 10.0 Å². The van der Waals surface area contributed by atoms with Gasteiger partial charge < -0.3 is 10.5 Å². The molecular formula is C11H20N4O3S. The predicted octanol–water partition coefficient (Wildman–Crippen LogP) is 0.157. The SMILES string of the molecule is Cc1c(S(=O)(=O)NC2(C)CCOC2C)c(N)nn1C. The van der Waals surface area contributed by atoms with Gasteiger partial charge in [-0.25, -0.2) is 13.1 Å². The van der Waals surface area contributed by atoms with E-state index in [-0.39, 0.29) is 16.8 Å². The molecule has 0 spiro atoms. The van der Waals surface area contributed by atoms with Crippen molar-refractivity contribution in [3.8, 4) is 0 Å². The minimum atomic E-state index is -3.71. The van der Waals surface area contributed by atoms with Crippen molar-refractivity contribution in [3.05, 3.63) is 5.69 Å². The molecule has 19 heavy (non-hydrogen) atoms. The molecule has 0 aromatic carbocycles. The summed E-state index contributed by atoms with van der Waals surface area (Å²) in [5.41, 5.74) is 5.59. The van der Waals surface area contributed by atoms with E-state index >= 15 is 0 Å². The first-order chi connectivity index (χ1) is 8.67. The molecule has 2 atom stereocenters. The highest BCUT2D eigenvalue weighted by atomic mass is 32.2. The molecule has 1 aliphatic heterocycles. The average molecular weight is 288 g/mol. The van der Waals surface area contributed by atoms with Crippen molar-refractivity contribution in [1.82, 2.24) is 14.5 Å². The van der Waals surface area contributed by atoms with Gasteiger partial charge in [0.05, 0.1) is 17.3 Å². The lowest BCUT2D eigenvalue weighted by Gasteiger charge is -2.28. The minimum absolute atomic E-state index is 0.0164. The van der Waals surface area contributed by atoms with Gasteiger partial charge in [-0.15, -0.1) is 0 Å². The van der Waals surface area contributed by atoms with Gasteiger partial charge in [0.15, 0.2) is 5.82 Å². The van der Waals surface area contributed by atoms with E-state index in [4.69, 9.17) is 10.5 Å². The molecule has 3 N–H and O–H groups in total. The monoisotopic (exact) mass is 288 g/mol. The van der Waals surface area contributed by atoms with Crippen molar-refractivity contribution in [3.63, 3.8) is 0 Å². The van der Waals surface area contributed by atoms with Crippen LogP contribution in [-0.2, 0) is 21.8 Å². The van der Waals surface area contributed by atoms with Crippen LogP contribution in [0.2, 0.25) is 0 Å². The first-order valence-corrected chi connectivity index (χ1v) is 7.60. The molecule has 1 aromatic rings. The van der Waals surface area contributed by atoms with Crippen LogP contribution in [0.4, 0.5) is 5.82 Å². The van der Waals surface area contributed by atoms with E-state index in [1.54, 1.807) is 14.0 Å². The summed E-state index contributed by atoms with van der Waals surface area (Å²) in [6.45, 7) is 5.91. The van der Waals surface area contributed by atoms with Crippen molar-refractivity contribution in [1.29, 1.82) is 0 Å². The van der Waals surface area contributed by atoms with Crippen molar-refractivity contribution in [2.45, 2.75) is 43.7 Å². The van der Waals surface area contributed by atoms with Crippen LogP contribution in [0.25, 0.3) is 0 Å².